The number of nitrogens with one attached hydrogen (secondary N) is 1. The zero-order valence-electron chi connectivity index (χ0n) is 14.0. The van der Waals surface area contributed by atoms with Gasteiger partial charge in [-0.05, 0) is 42.5 Å². The van der Waals surface area contributed by atoms with Gasteiger partial charge >= 0.3 is 0 Å². The van der Waals surface area contributed by atoms with Crippen LogP contribution in [0.3, 0.4) is 0 Å². The van der Waals surface area contributed by atoms with Crippen LogP contribution in [0, 0.1) is 12.8 Å². The SMILES string of the molecule is CCNC(COc1cc(C(C)C)ccc1C)C(C)CC. The normalized spacial score (nSPS) is 14.3. The van der Waals surface area contributed by atoms with Crippen LogP contribution in [0.5, 0.6) is 5.75 Å². The number of likely N-dealkylation sites (N-methyl/N-ethyl adjacent to an activating group) is 1. The third-order valence-electron chi connectivity index (χ3n) is 4.09. The Hall–Kier alpha value is -1.02. The fourth-order valence-electron chi connectivity index (χ4n) is 2.28. The summed E-state index contributed by atoms with van der Waals surface area (Å²) >= 11 is 0. The van der Waals surface area contributed by atoms with Crippen molar-refractivity contribution in [2.45, 2.75) is 59.9 Å². The van der Waals surface area contributed by atoms with Gasteiger partial charge in [0.2, 0.25) is 0 Å². The first-order chi connectivity index (χ1) is 9.49. The lowest BCUT2D eigenvalue weighted by Gasteiger charge is -2.24. The molecule has 2 nitrogen and oxygen atoms in total. The van der Waals surface area contributed by atoms with Gasteiger partial charge in [-0.3, -0.25) is 0 Å². The largest absolute Gasteiger partial charge is 0.492 e. The smallest absolute Gasteiger partial charge is 0.122 e. The zero-order valence-corrected chi connectivity index (χ0v) is 14.0. The van der Waals surface area contributed by atoms with Gasteiger partial charge in [0.15, 0.2) is 0 Å². The maximum atomic E-state index is 6.10. The molecular formula is C18H31NO. The maximum absolute atomic E-state index is 6.10. The van der Waals surface area contributed by atoms with E-state index in [4.69, 9.17) is 4.74 Å². The predicted octanol–water partition coefficient (Wildman–Crippen LogP) is 4.52. The molecule has 0 radical (unpaired) electrons. The van der Waals surface area contributed by atoms with Crippen LogP contribution in [0.4, 0.5) is 0 Å². The molecule has 0 aromatic heterocycles. The van der Waals surface area contributed by atoms with Gasteiger partial charge in [-0.2, -0.15) is 0 Å². The Labute approximate surface area is 124 Å². The standard InChI is InChI=1S/C18H31NO/c1-7-14(5)17(19-8-2)12-20-18-11-16(13(3)4)10-9-15(18)6/h9-11,13-14,17,19H,7-8,12H2,1-6H3. The molecule has 0 aliphatic rings. The van der Waals surface area contributed by atoms with Crippen molar-refractivity contribution >= 4 is 0 Å². The second-order valence-corrected chi connectivity index (χ2v) is 6.04. The van der Waals surface area contributed by atoms with Crippen LogP contribution in [-0.4, -0.2) is 19.2 Å². The molecule has 1 N–H and O–H groups in total. The van der Waals surface area contributed by atoms with Crippen LogP contribution in [-0.2, 0) is 0 Å². The summed E-state index contributed by atoms with van der Waals surface area (Å²) in [6, 6.07) is 6.98. The second-order valence-electron chi connectivity index (χ2n) is 6.04. The summed E-state index contributed by atoms with van der Waals surface area (Å²) in [6.45, 7) is 15.0. The second kappa shape index (κ2) is 8.31. The summed E-state index contributed by atoms with van der Waals surface area (Å²) < 4.78 is 6.10. The summed E-state index contributed by atoms with van der Waals surface area (Å²) in [5.41, 5.74) is 2.56. The van der Waals surface area contributed by atoms with Crippen molar-refractivity contribution in [3.8, 4) is 5.75 Å². The highest BCUT2D eigenvalue weighted by atomic mass is 16.5. The summed E-state index contributed by atoms with van der Waals surface area (Å²) in [7, 11) is 0. The highest BCUT2D eigenvalue weighted by Crippen LogP contribution is 2.24. The Kier molecular flexibility index (Phi) is 7.08. The molecule has 0 bridgehead atoms. The van der Waals surface area contributed by atoms with Gasteiger partial charge in [-0.1, -0.05) is 53.2 Å². The van der Waals surface area contributed by atoms with Crippen LogP contribution in [0.15, 0.2) is 18.2 Å². The zero-order chi connectivity index (χ0) is 15.1. The number of rotatable bonds is 8. The van der Waals surface area contributed by atoms with E-state index >= 15 is 0 Å². The van der Waals surface area contributed by atoms with E-state index in [0.717, 1.165) is 18.9 Å². The number of hydrogen-bond donors (Lipinski definition) is 1. The molecule has 20 heavy (non-hydrogen) atoms. The van der Waals surface area contributed by atoms with E-state index in [0.29, 0.717) is 17.9 Å². The van der Waals surface area contributed by atoms with Gasteiger partial charge in [0.05, 0.1) is 0 Å². The molecule has 0 aliphatic carbocycles. The highest BCUT2D eigenvalue weighted by Gasteiger charge is 2.16. The molecule has 0 spiro atoms. The molecule has 1 aromatic carbocycles. The van der Waals surface area contributed by atoms with Gasteiger partial charge in [0, 0.05) is 6.04 Å². The van der Waals surface area contributed by atoms with Crippen molar-refractivity contribution in [1.82, 2.24) is 5.32 Å². The fourth-order valence-corrected chi connectivity index (χ4v) is 2.28. The average molecular weight is 277 g/mol. The third-order valence-corrected chi connectivity index (χ3v) is 4.09. The lowest BCUT2D eigenvalue weighted by Crippen LogP contribution is -2.39. The molecule has 0 saturated carbocycles. The van der Waals surface area contributed by atoms with Gasteiger partial charge in [0.25, 0.3) is 0 Å². The average Bonchev–Trinajstić information content (AvgIpc) is 2.43. The summed E-state index contributed by atoms with van der Waals surface area (Å²) in [5.74, 6) is 2.20. The Morgan fingerprint density at radius 1 is 1.15 bits per heavy atom. The van der Waals surface area contributed by atoms with E-state index < -0.39 is 0 Å². The van der Waals surface area contributed by atoms with E-state index in [1.165, 1.54) is 17.5 Å². The monoisotopic (exact) mass is 277 g/mol. The number of hydrogen-bond acceptors (Lipinski definition) is 2. The number of ether oxygens (including phenoxy) is 1. The molecule has 1 rings (SSSR count). The fraction of sp³-hybridized carbons (Fsp3) is 0.667. The van der Waals surface area contributed by atoms with Crippen LogP contribution in [0.1, 0.15) is 58.1 Å². The van der Waals surface area contributed by atoms with Crippen molar-refractivity contribution in [3.63, 3.8) is 0 Å². The van der Waals surface area contributed by atoms with Crippen molar-refractivity contribution in [2.24, 2.45) is 5.92 Å². The molecule has 2 heteroatoms. The molecule has 0 fully saturated rings. The first-order valence-corrected chi connectivity index (χ1v) is 7.96. The summed E-state index contributed by atoms with van der Waals surface area (Å²) in [4.78, 5) is 0. The minimum absolute atomic E-state index is 0.423. The van der Waals surface area contributed by atoms with Crippen molar-refractivity contribution in [1.29, 1.82) is 0 Å². The van der Waals surface area contributed by atoms with E-state index in [1.807, 2.05) is 0 Å². The molecule has 2 atom stereocenters. The predicted molar refractivity (Wildman–Crippen MR) is 87.7 cm³/mol. The molecule has 1 aromatic rings. The summed E-state index contributed by atoms with van der Waals surface area (Å²) in [6.07, 6.45) is 1.17. The Morgan fingerprint density at radius 2 is 1.85 bits per heavy atom. The van der Waals surface area contributed by atoms with Crippen molar-refractivity contribution in [2.75, 3.05) is 13.2 Å². The lowest BCUT2D eigenvalue weighted by atomic mass is 9.99. The quantitative estimate of drug-likeness (QED) is 0.754. The van der Waals surface area contributed by atoms with Crippen LogP contribution in [0.2, 0.25) is 0 Å². The molecule has 114 valence electrons. The van der Waals surface area contributed by atoms with Crippen LogP contribution < -0.4 is 10.1 Å². The first kappa shape index (κ1) is 17.0. The first-order valence-electron chi connectivity index (χ1n) is 7.96. The Morgan fingerprint density at radius 3 is 2.40 bits per heavy atom. The lowest BCUT2D eigenvalue weighted by molar-refractivity contribution is 0.221. The number of aryl methyl sites for hydroxylation is 1. The molecule has 0 amide bonds. The topological polar surface area (TPSA) is 21.3 Å². The molecule has 0 saturated heterocycles. The van der Waals surface area contributed by atoms with Crippen LogP contribution >= 0.6 is 0 Å². The molecular weight excluding hydrogens is 246 g/mol. The van der Waals surface area contributed by atoms with Gasteiger partial charge in [-0.15, -0.1) is 0 Å². The minimum Gasteiger partial charge on any atom is -0.492 e. The van der Waals surface area contributed by atoms with Crippen LogP contribution in [0.25, 0.3) is 0 Å². The third kappa shape index (κ3) is 4.82. The highest BCUT2D eigenvalue weighted by molar-refractivity contribution is 5.37. The Bertz CT molecular complexity index is 400. The maximum Gasteiger partial charge on any atom is 0.122 e. The minimum atomic E-state index is 0.423. The van der Waals surface area contributed by atoms with Crippen molar-refractivity contribution in [3.05, 3.63) is 29.3 Å². The van der Waals surface area contributed by atoms with E-state index in [1.54, 1.807) is 0 Å². The molecule has 2 unspecified atom stereocenters. The molecule has 0 aliphatic heterocycles. The molecule has 0 heterocycles. The van der Waals surface area contributed by atoms with Gasteiger partial charge in [0.1, 0.15) is 12.4 Å². The van der Waals surface area contributed by atoms with E-state index in [2.05, 4.69) is 65.1 Å². The van der Waals surface area contributed by atoms with Gasteiger partial charge < -0.3 is 10.1 Å². The number of benzene rings is 1. The Balaban J connectivity index is 2.74. The van der Waals surface area contributed by atoms with E-state index in [-0.39, 0.29) is 0 Å². The summed E-state index contributed by atoms with van der Waals surface area (Å²) in [5, 5.41) is 3.54. The van der Waals surface area contributed by atoms with Crippen molar-refractivity contribution < 1.29 is 4.74 Å². The van der Waals surface area contributed by atoms with Gasteiger partial charge in [-0.25, -0.2) is 0 Å². The van der Waals surface area contributed by atoms with E-state index in [9.17, 15) is 0 Å².